The number of carbonyl (C=O) groups is 2. The Balaban J connectivity index is 1.96. The molecule has 0 spiro atoms. The van der Waals surface area contributed by atoms with Crippen LogP contribution in [0.25, 0.3) is 0 Å². The van der Waals surface area contributed by atoms with Gasteiger partial charge in [-0.3, -0.25) is 9.59 Å². The fourth-order valence-corrected chi connectivity index (χ4v) is 4.08. The number of benzene rings is 3. The number of nitrogens with zero attached hydrogens (tertiary/aromatic N) is 1. The molecule has 0 radical (unpaired) electrons. The fraction of sp³-hybridized carbons (Fsp3) is 0.259. The summed E-state index contributed by atoms with van der Waals surface area (Å²) in [6.45, 7) is 2.75. The molecule has 1 N–H and O–H groups in total. The molecule has 34 heavy (non-hydrogen) atoms. The molecule has 1 unspecified atom stereocenters. The molecule has 7 heteroatoms. The Morgan fingerprint density at radius 1 is 0.853 bits per heavy atom. The monoisotopic (exact) mass is 516 g/mol. The number of halogens is 3. The third-order valence-corrected chi connectivity index (χ3v) is 6.42. The largest absolute Gasteiger partial charge is 0.354 e. The van der Waals surface area contributed by atoms with Gasteiger partial charge in [0.1, 0.15) is 6.04 Å². The Kier molecular flexibility index (Phi) is 9.82. The molecule has 1 atom stereocenters. The van der Waals surface area contributed by atoms with Crippen LogP contribution in [0.15, 0.2) is 72.8 Å². The van der Waals surface area contributed by atoms with E-state index in [9.17, 15) is 9.59 Å². The zero-order chi connectivity index (χ0) is 24.5. The predicted molar refractivity (Wildman–Crippen MR) is 139 cm³/mol. The van der Waals surface area contributed by atoms with Gasteiger partial charge in [0.15, 0.2) is 0 Å². The molecule has 3 aromatic rings. The summed E-state index contributed by atoms with van der Waals surface area (Å²) in [5.74, 6) is -0.351. The van der Waals surface area contributed by atoms with Crippen LogP contribution in [-0.4, -0.2) is 29.3 Å². The first kappa shape index (κ1) is 26.1. The minimum atomic E-state index is -0.691. The lowest BCUT2D eigenvalue weighted by atomic mass is 10.0. The average Bonchev–Trinajstić information content (AvgIpc) is 2.84. The van der Waals surface area contributed by atoms with E-state index in [4.69, 9.17) is 34.8 Å². The van der Waals surface area contributed by atoms with E-state index in [0.29, 0.717) is 28.0 Å². The molecule has 0 saturated carbocycles. The van der Waals surface area contributed by atoms with E-state index >= 15 is 0 Å². The van der Waals surface area contributed by atoms with Crippen LogP contribution in [0.3, 0.4) is 0 Å². The molecule has 0 aliphatic heterocycles. The molecule has 2 amide bonds. The van der Waals surface area contributed by atoms with Crippen LogP contribution in [0.2, 0.25) is 15.1 Å². The van der Waals surface area contributed by atoms with E-state index in [1.165, 1.54) is 0 Å². The van der Waals surface area contributed by atoms with Crippen molar-refractivity contribution in [1.82, 2.24) is 10.2 Å². The topological polar surface area (TPSA) is 49.4 Å². The van der Waals surface area contributed by atoms with Gasteiger partial charge >= 0.3 is 0 Å². The van der Waals surface area contributed by atoms with Crippen molar-refractivity contribution in [3.05, 3.63) is 105 Å². The van der Waals surface area contributed by atoms with Crippen LogP contribution in [0.5, 0.6) is 0 Å². The molecular formula is C27H27Cl3N2O2. The summed E-state index contributed by atoms with van der Waals surface area (Å²) >= 11 is 18.3. The molecule has 0 saturated heterocycles. The van der Waals surface area contributed by atoms with Crippen molar-refractivity contribution >= 4 is 46.6 Å². The van der Waals surface area contributed by atoms with Gasteiger partial charge in [0.05, 0.1) is 16.5 Å². The molecule has 178 valence electrons. The Hall–Kier alpha value is -2.53. The van der Waals surface area contributed by atoms with E-state index in [1.807, 2.05) is 55.5 Å². The molecule has 0 heterocycles. The second-order valence-electron chi connectivity index (χ2n) is 8.07. The van der Waals surface area contributed by atoms with Gasteiger partial charge in [-0.1, -0.05) is 90.3 Å². The third-order valence-electron chi connectivity index (χ3n) is 5.43. The third kappa shape index (κ3) is 7.49. The molecule has 0 aromatic heterocycles. The highest BCUT2D eigenvalue weighted by molar-refractivity contribution is 6.42. The molecule has 0 bridgehead atoms. The number of hydrogen-bond acceptors (Lipinski definition) is 2. The van der Waals surface area contributed by atoms with Gasteiger partial charge in [-0.25, -0.2) is 0 Å². The van der Waals surface area contributed by atoms with Crippen molar-refractivity contribution in [3.63, 3.8) is 0 Å². The minimum absolute atomic E-state index is 0.144. The van der Waals surface area contributed by atoms with Crippen LogP contribution in [0.1, 0.15) is 30.0 Å². The summed E-state index contributed by atoms with van der Waals surface area (Å²) < 4.78 is 0. The van der Waals surface area contributed by atoms with Crippen LogP contribution in [0, 0.1) is 0 Å². The first-order valence-electron chi connectivity index (χ1n) is 11.2. The number of hydrogen-bond donors (Lipinski definition) is 1. The lowest BCUT2D eigenvalue weighted by molar-refractivity contribution is -0.140. The highest BCUT2D eigenvalue weighted by Crippen LogP contribution is 2.25. The summed E-state index contributed by atoms with van der Waals surface area (Å²) in [5, 5.41) is 4.41. The quantitative estimate of drug-likeness (QED) is 0.340. The van der Waals surface area contributed by atoms with E-state index in [0.717, 1.165) is 23.1 Å². The van der Waals surface area contributed by atoms with Crippen molar-refractivity contribution in [2.75, 3.05) is 6.54 Å². The summed E-state index contributed by atoms with van der Waals surface area (Å²) in [6, 6.07) is 21.4. The van der Waals surface area contributed by atoms with Crippen LogP contribution >= 0.6 is 34.8 Å². The average molecular weight is 518 g/mol. The van der Waals surface area contributed by atoms with Crippen molar-refractivity contribution in [1.29, 1.82) is 0 Å². The lowest BCUT2D eigenvalue weighted by Crippen LogP contribution is -2.51. The molecule has 4 nitrogen and oxygen atoms in total. The Bertz CT molecular complexity index is 1100. The maximum atomic E-state index is 13.6. The standard InChI is InChI=1S/C27H27Cl3N2O2/c1-2-14-31-27(34)25(16-19-6-4-3-5-7-19)32(18-21-10-13-23(29)24(30)15-21)26(33)17-20-8-11-22(28)12-9-20/h3-13,15,25H,2,14,16-18H2,1H3,(H,31,34). The summed E-state index contributed by atoms with van der Waals surface area (Å²) in [7, 11) is 0. The Labute approximate surface area is 215 Å². The number of rotatable bonds is 10. The summed E-state index contributed by atoms with van der Waals surface area (Å²) in [5.41, 5.74) is 2.58. The highest BCUT2D eigenvalue weighted by atomic mass is 35.5. The normalized spacial score (nSPS) is 11.6. The van der Waals surface area contributed by atoms with Gasteiger partial charge in [0.2, 0.25) is 11.8 Å². The van der Waals surface area contributed by atoms with Gasteiger partial charge < -0.3 is 10.2 Å². The molecule has 0 fully saturated rings. The van der Waals surface area contributed by atoms with Crippen LogP contribution in [0.4, 0.5) is 0 Å². The number of nitrogens with one attached hydrogen (secondary N) is 1. The molecule has 3 aromatic carbocycles. The molecule has 3 rings (SSSR count). The van der Waals surface area contributed by atoms with Gasteiger partial charge in [-0.15, -0.1) is 0 Å². The molecule has 0 aliphatic rings. The van der Waals surface area contributed by atoms with E-state index in [2.05, 4.69) is 5.32 Å². The van der Waals surface area contributed by atoms with E-state index in [1.54, 1.807) is 29.2 Å². The first-order valence-corrected chi connectivity index (χ1v) is 12.3. The number of carbonyl (C=O) groups excluding carboxylic acids is 2. The maximum Gasteiger partial charge on any atom is 0.243 e. The van der Waals surface area contributed by atoms with Gasteiger partial charge in [0.25, 0.3) is 0 Å². The fourth-order valence-electron chi connectivity index (χ4n) is 3.63. The second kappa shape index (κ2) is 12.8. The van der Waals surface area contributed by atoms with Crippen LogP contribution < -0.4 is 5.32 Å². The van der Waals surface area contributed by atoms with Gasteiger partial charge in [0, 0.05) is 24.5 Å². The first-order chi connectivity index (χ1) is 16.4. The van der Waals surface area contributed by atoms with Gasteiger partial charge in [-0.05, 0) is 47.4 Å². The molecular weight excluding hydrogens is 491 g/mol. The predicted octanol–water partition coefficient (Wildman–Crippen LogP) is 6.36. The SMILES string of the molecule is CCCNC(=O)C(Cc1ccccc1)N(Cc1ccc(Cl)c(Cl)c1)C(=O)Cc1ccc(Cl)cc1. The Morgan fingerprint density at radius 2 is 1.53 bits per heavy atom. The lowest BCUT2D eigenvalue weighted by Gasteiger charge is -2.32. The van der Waals surface area contributed by atoms with Crippen molar-refractivity contribution in [3.8, 4) is 0 Å². The zero-order valence-electron chi connectivity index (χ0n) is 18.9. The van der Waals surface area contributed by atoms with Crippen LogP contribution in [-0.2, 0) is 29.0 Å². The summed E-state index contributed by atoms with van der Waals surface area (Å²) in [6.07, 6.45) is 1.34. The highest BCUT2D eigenvalue weighted by Gasteiger charge is 2.30. The van der Waals surface area contributed by atoms with Crippen molar-refractivity contribution in [2.45, 2.75) is 38.8 Å². The van der Waals surface area contributed by atoms with Crippen molar-refractivity contribution < 1.29 is 9.59 Å². The minimum Gasteiger partial charge on any atom is -0.354 e. The second-order valence-corrected chi connectivity index (χ2v) is 9.32. The molecule has 0 aliphatic carbocycles. The smallest absolute Gasteiger partial charge is 0.243 e. The summed E-state index contributed by atoms with van der Waals surface area (Å²) in [4.78, 5) is 28.5. The Morgan fingerprint density at radius 3 is 2.18 bits per heavy atom. The van der Waals surface area contributed by atoms with Crippen molar-refractivity contribution in [2.24, 2.45) is 0 Å². The maximum absolute atomic E-state index is 13.6. The van der Waals surface area contributed by atoms with E-state index < -0.39 is 6.04 Å². The van der Waals surface area contributed by atoms with E-state index in [-0.39, 0.29) is 24.8 Å². The number of amides is 2. The van der Waals surface area contributed by atoms with Gasteiger partial charge in [-0.2, -0.15) is 0 Å². The zero-order valence-corrected chi connectivity index (χ0v) is 21.2.